The largest absolute Gasteiger partial charge is 0.496 e. The summed E-state index contributed by atoms with van der Waals surface area (Å²) >= 11 is 3.51. The summed E-state index contributed by atoms with van der Waals surface area (Å²) in [5, 5.41) is 12.9. The first-order valence-electron chi connectivity index (χ1n) is 11.8. The fourth-order valence-electron chi connectivity index (χ4n) is 4.71. The third kappa shape index (κ3) is 5.31. The smallest absolute Gasteiger partial charge is 0.269 e. The number of benzene rings is 4. The van der Waals surface area contributed by atoms with Crippen LogP contribution >= 0.6 is 28.3 Å². The highest BCUT2D eigenvalue weighted by Gasteiger charge is 2.35. The van der Waals surface area contributed by atoms with Crippen LogP contribution in [0.5, 0.6) is 5.75 Å². The summed E-state index contributed by atoms with van der Waals surface area (Å²) in [7, 11) is 1.58. The van der Waals surface area contributed by atoms with Crippen molar-refractivity contribution in [2.24, 2.45) is 5.73 Å². The molecule has 0 saturated heterocycles. The maximum Gasteiger partial charge on any atom is 0.269 e. The number of amides is 2. The molecule has 0 aromatic heterocycles. The van der Waals surface area contributed by atoms with Gasteiger partial charge in [0.1, 0.15) is 11.8 Å². The number of carbonyl (C=O) groups is 2. The van der Waals surface area contributed by atoms with E-state index >= 15 is 0 Å². The Balaban J connectivity index is 0.00000353. The van der Waals surface area contributed by atoms with E-state index in [0.717, 1.165) is 20.8 Å². The van der Waals surface area contributed by atoms with Crippen molar-refractivity contribution in [3.8, 4) is 5.75 Å². The number of fused-ring (bicyclic) bond motifs is 2. The Morgan fingerprint density at radius 1 is 1.08 bits per heavy atom. The summed E-state index contributed by atoms with van der Waals surface area (Å²) in [6.45, 7) is 0.118. The van der Waals surface area contributed by atoms with Crippen molar-refractivity contribution in [3.05, 3.63) is 105 Å². The summed E-state index contributed by atoms with van der Waals surface area (Å²) in [4.78, 5) is 40.8. The number of ether oxygens (including phenoxy) is 1. The minimum absolute atomic E-state index is 0. The van der Waals surface area contributed by atoms with Crippen molar-refractivity contribution in [1.29, 1.82) is 0 Å². The van der Waals surface area contributed by atoms with E-state index in [1.165, 1.54) is 29.2 Å². The summed E-state index contributed by atoms with van der Waals surface area (Å²) in [6.07, 6.45) is 0. The second-order valence-electron chi connectivity index (χ2n) is 8.85. The van der Waals surface area contributed by atoms with E-state index in [1.54, 1.807) is 36.3 Å². The molecule has 200 valence electrons. The molecule has 1 atom stereocenters. The van der Waals surface area contributed by atoms with Crippen molar-refractivity contribution in [2.75, 3.05) is 23.5 Å². The maximum absolute atomic E-state index is 13.7. The van der Waals surface area contributed by atoms with Crippen LogP contribution in [0.1, 0.15) is 15.9 Å². The number of rotatable bonds is 5. The molecule has 0 aliphatic carbocycles. The van der Waals surface area contributed by atoms with Gasteiger partial charge in [0.2, 0.25) is 5.91 Å². The van der Waals surface area contributed by atoms with Gasteiger partial charge >= 0.3 is 0 Å². The van der Waals surface area contributed by atoms with E-state index in [4.69, 9.17) is 10.5 Å². The third-order valence-corrected chi connectivity index (χ3v) is 7.08. The second-order valence-corrected chi connectivity index (χ2v) is 9.77. The zero-order chi connectivity index (χ0) is 27.0. The van der Waals surface area contributed by atoms with Gasteiger partial charge in [0.05, 0.1) is 36.5 Å². The quantitative estimate of drug-likeness (QED) is 0.236. The SMILES string of the molecule is COc1ccc2cc(Br)ccc2c1CN1C(=O)C(N)CN(C(=O)c2ccc([N+](=O)[O-])cc2)c2ccccc21.Cl. The third-order valence-electron chi connectivity index (χ3n) is 6.58. The fraction of sp³-hybridized carbons (Fsp3) is 0.143. The van der Waals surface area contributed by atoms with Gasteiger partial charge in [-0.1, -0.05) is 40.2 Å². The average Bonchev–Trinajstić information content (AvgIpc) is 3.03. The van der Waals surface area contributed by atoms with Crippen LogP contribution in [-0.4, -0.2) is 36.4 Å². The Labute approximate surface area is 238 Å². The monoisotopic (exact) mass is 610 g/mol. The number of nitrogens with zero attached hydrogens (tertiary/aromatic N) is 3. The minimum Gasteiger partial charge on any atom is -0.496 e. The van der Waals surface area contributed by atoms with Crippen molar-refractivity contribution >= 4 is 68.0 Å². The van der Waals surface area contributed by atoms with Gasteiger partial charge in [0, 0.05) is 27.7 Å². The van der Waals surface area contributed by atoms with Gasteiger partial charge in [-0.2, -0.15) is 0 Å². The molecule has 1 aliphatic heterocycles. The highest BCUT2D eigenvalue weighted by Crippen LogP contribution is 2.37. The molecular weight excluding hydrogens is 588 g/mol. The summed E-state index contributed by atoms with van der Waals surface area (Å²) in [5.41, 5.74) is 8.34. The van der Waals surface area contributed by atoms with E-state index in [9.17, 15) is 19.7 Å². The van der Waals surface area contributed by atoms with E-state index in [0.29, 0.717) is 17.1 Å². The van der Waals surface area contributed by atoms with Crippen molar-refractivity contribution in [1.82, 2.24) is 0 Å². The van der Waals surface area contributed by atoms with Gasteiger partial charge in [0.25, 0.3) is 11.6 Å². The first-order chi connectivity index (χ1) is 18.3. The molecule has 0 spiro atoms. The van der Waals surface area contributed by atoms with Crippen LogP contribution in [0.15, 0.2) is 83.3 Å². The predicted molar refractivity (Wildman–Crippen MR) is 156 cm³/mol. The topological polar surface area (TPSA) is 119 Å². The normalized spacial score (nSPS) is 14.8. The second kappa shape index (κ2) is 11.4. The average molecular weight is 612 g/mol. The van der Waals surface area contributed by atoms with Gasteiger partial charge in [0.15, 0.2) is 0 Å². The molecule has 1 unspecified atom stereocenters. The number of halogens is 2. The lowest BCUT2D eigenvalue weighted by atomic mass is 10.0. The molecule has 4 aromatic rings. The number of non-ortho nitro benzene ring substituents is 1. The molecule has 9 nitrogen and oxygen atoms in total. The molecule has 4 aromatic carbocycles. The van der Waals surface area contributed by atoms with E-state index in [-0.39, 0.29) is 42.7 Å². The lowest BCUT2D eigenvalue weighted by Gasteiger charge is -2.26. The standard InChI is InChI=1S/C28H23BrN4O5.ClH/c1-38-26-13-8-18-14-19(29)9-12-21(18)22(26)15-31-24-4-2-3-5-25(24)32(16-23(30)28(31)35)27(34)17-6-10-20(11-7-17)33(36)37;/h2-14,23H,15-16,30H2,1H3;1H. The molecule has 0 radical (unpaired) electrons. The Morgan fingerprint density at radius 2 is 1.77 bits per heavy atom. The molecule has 1 heterocycles. The highest BCUT2D eigenvalue weighted by molar-refractivity contribution is 9.10. The lowest BCUT2D eigenvalue weighted by molar-refractivity contribution is -0.384. The van der Waals surface area contributed by atoms with Crippen molar-refractivity contribution in [2.45, 2.75) is 12.6 Å². The highest BCUT2D eigenvalue weighted by atomic mass is 79.9. The lowest BCUT2D eigenvalue weighted by Crippen LogP contribution is -2.48. The summed E-state index contributed by atoms with van der Waals surface area (Å²) < 4.78 is 6.59. The van der Waals surface area contributed by atoms with Gasteiger partial charge in [-0.3, -0.25) is 19.7 Å². The number of nitrogens with two attached hydrogens (primary N) is 1. The number of nitro benzene ring substituents is 1. The number of methoxy groups -OCH3 is 1. The van der Waals surface area contributed by atoms with Gasteiger partial charge in [-0.25, -0.2) is 0 Å². The van der Waals surface area contributed by atoms with E-state index in [2.05, 4.69) is 15.9 Å². The molecule has 1 aliphatic rings. The van der Waals surface area contributed by atoms with Crippen LogP contribution in [0.4, 0.5) is 17.1 Å². The zero-order valence-corrected chi connectivity index (χ0v) is 23.1. The van der Waals surface area contributed by atoms with Crippen LogP contribution in [0.3, 0.4) is 0 Å². The van der Waals surface area contributed by atoms with Crippen LogP contribution in [0, 0.1) is 10.1 Å². The molecule has 5 rings (SSSR count). The van der Waals surface area contributed by atoms with E-state index < -0.39 is 16.9 Å². The zero-order valence-electron chi connectivity index (χ0n) is 20.7. The molecule has 0 bridgehead atoms. The number of carbonyl (C=O) groups excluding carboxylic acids is 2. The maximum atomic E-state index is 13.7. The number of anilines is 2. The first kappa shape index (κ1) is 28.0. The molecule has 2 N–H and O–H groups in total. The predicted octanol–water partition coefficient (Wildman–Crippen LogP) is 5.46. The molecule has 39 heavy (non-hydrogen) atoms. The first-order valence-corrected chi connectivity index (χ1v) is 12.5. The number of hydrogen-bond donors (Lipinski definition) is 1. The molecule has 0 saturated carbocycles. The van der Waals surface area contributed by atoms with Crippen molar-refractivity contribution in [3.63, 3.8) is 0 Å². The number of hydrogen-bond acceptors (Lipinski definition) is 6. The van der Waals surface area contributed by atoms with Crippen molar-refractivity contribution < 1.29 is 19.2 Å². The Hall–Kier alpha value is -3.99. The van der Waals surface area contributed by atoms with Crippen LogP contribution in [-0.2, 0) is 11.3 Å². The fourth-order valence-corrected chi connectivity index (χ4v) is 5.09. The molecule has 11 heteroatoms. The molecule has 0 fully saturated rings. The summed E-state index contributed by atoms with van der Waals surface area (Å²) in [5.74, 6) is -0.126. The van der Waals surface area contributed by atoms with Gasteiger partial charge in [-0.05, 0) is 53.2 Å². The van der Waals surface area contributed by atoms with Crippen LogP contribution < -0.4 is 20.3 Å². The van der Waals surface area contributed by atoms with E-state index in [1.807, 2.05) is 30.3 Å². The van der Waals surface area contributed by atoms with Gasteiger partial charge < -0.3 is 20.3 Å². The molecule has 2 amide bonds. The Bertz CT molecular complexity index is 1580. The Kier molecular flexibility index (Phi) is 8.19. The number of para-hydroxylation sites is 2. The number of nitro groups is 1. The van der Waals surface area contributed by atoms with Crippen LogP contribution in [0.2, 0.25) is 0 Å². The minimum atomic E-state index is -1.00. The Morgan fingerprint density at radius 3 is 2.44 bits per heavy atom. The van der Waals surface area contributed by atoms with Gasteiger partial charge in [-0.15, -0.1) is 12.4 Å². The molecular formula is C28H24BrClN4O5. The summed E-state index contributed by atoms with van der Waals surface area (Å²) in [6, 6.07) is 21.2. The van der Waals surface area contributed by atoms with Crippen LogP contribution in [0.25, 0.3) is 10.8 Å².